The van der Waals surface area contributed by atoms with Crippen LogP contribution >= 0.6 is 12.4 Å². The van der Waals surface area contributed by atoms with E-state index >= 15 is 0 Å². The van der Waals surface area contributed by atoms with Crippen molar-refractivity contribution >= 4 is 34.8 Å². The predicted octanol–water partition coefficient (Wildman–Crippen LogP) is 2.38. The molecule has 28 heavy (non-hydrogen) atoms. The SMILES string of the molecule is COCCS(=O)Cc1cccc(NC(=O)c2ccn(C3CCCNC3)n2)c1.Cl. The molecule has 0 aliphatic carbocycles. The first-order valence-electron chi connectivity index (χ1n) is 9.16. The second-order valence-corrected chi connectivity index (χ2v) is 8.19. The molecule has 1 aliphatic rings. The number of halogens is 1. The zero-order valence-corrected chi connectivity index (χ0v) is 17.6. The molecule has 9 heteroatoms. The summed E-state index contributed by atoms with van der Waals surface area (Å²) in [7, 11) is 0.610. The molecular weight excluding hydrogens is 400 g/mol. The zero-order chi connectivity index (χ0) is 19.1. The van der Waals surface area contributed by atoms with Crippen LogP contribution in [0.3, 0.4) is 0 Å². The molecule has 1 saturated heterocycles. The molecule has 1 aliphatic heterocycles. The van der Waals surface area contributed by atoms with E-state index in [-0.39, 0.29) is 18.3 Å². The number of anilines is 1. The molecule has 2 unspecified atom stereocenters. The van der Waals surface area contributed by atoms with Crippen LogP contribution in [0.2, 0.25) is 0 Å². The number of nitrogens with one attached hydrogen (secondary N) is 2. The zero-order valence-electron chi connectivity index (χ0n) is 15.9. The molecule has 0 spiro atoms. The van der Waals surface area contributed by atoms with E-state index in [9.17, 15) is 9.00 Å². The smallest absolute Gasteiger partial charge is 0.276 e. The molecule has 2 aromatic rings. The van der Waals surface area contributed by atoms with Crippen molar-refractivity contribution < 1.29 is 13.7 Å². The fraction of sp³-hybridized carbons (Fsp3) is 0.474. The van der Waals surface area contributed by atoms with E-state index in [4.69, 9.17) is 4.74 Å². The van der Waals surface area contributed by atoms with Crippen LogP contribution in [-0.2, 0) is 21.3 Å². The molecule has 1 amide bonds. The minimum Gasteiger partial charge on any atom is -0.384 e. The van der Waals surface area contributed by atoms with Crippen LogP contribution in [0.4, 0.5) is 5.69 Å². The molecule has 154 valence electrons. The monoisotopic (exact) mass is 426 g/mol. The Labute approximate surface area is 174 Å². The lowest BCUT2D eigenvalue weighted by atomic mass is 10.1. The highest BCUT2D eigenvalue weighted by molar-refractivity contribution is 7.84. The lowest BCUT2D eigenvalue weighted by Crippen LogP contribution is -2.32. The van der Waals surface area contributed by atoms with E-state index in [1.54, 1.807) is 13.2 Å². The van der Waals surface area contributed by atoms with Crippen LogP contribution < -0.4 is 10.6 Å². The fourth-order valence-corrected chi connectivity index (χ4v) is 4.14. The first-order chi connectivity index (χ1) is 13.2. The van der Waals surface area contributed by atoms with Crippen LogP contribution in [0, 0.1) is 0 Å². The Bertz CT molecular complexity index is 793. The van der Waals surface area contributed by atoms with Crippen molar-refractivity contribution in [1.29, 1.82) is 0 Å². The third kappa shape index (κ3) is 6.41. The number of carbonyl (C=O) groups excluding carboxylic acids is 1. The molecule has 1 fully saturated rings. The maximum absolute atomic E-state index is 12.5. The van der Waals surface area contributed by atoms with Gasteiger partial charge in [-0.2, -0.15) is 5.10 Å². The summed E-state index contributed by atoms with van der Waals surface area (Å²) in [6, 6.07) is 9.47. The average molecular weight is 427 g/mol. The number of hydrogen-bond donors (Lipinski definition) is 2. The number of nitrogens with zero attached hydrogens (tertiary/aromatic N) is 2. The van der Waals surface area contributed by atoms with E-state index in [1.807, 2.05) is 35.1 Å². The second-order valence-electron chi connectivity index (χ2n) is 6.62. The largest absolute Gasteiger partial charge is 0.384 e. The summed E-state index contributed by atoms with van der Waals surface area (Å²) in [6.07, 6.45) is 4.05. The molecule has 1 aromatic carbocycles. The van der Waals surface area contributed by atoms with Gasteiger partial charge in [0.15, 0.2) is 5.69 Å². The number of piperidine rings is 1. The van der Waals surface area contributed by atoms with E-state index in [2.05, 4.69) is 15.7 Å². The summed E-state index contributed by atoms with van der Waals surface area (Å²) in [6.45, 7) is 2.39. The van der Waals surface area contributed by atoms with Crippen LogP contribution in [-0.4, -0.2) is 52.5 Å². The number of carbonyl (C=O) groups is 1. The van der Waals surface area contributed by atoms with Gasteiger partial charge in [0.25, 0.3) is 5.91 Å². The number of amides is 1. The van der Waals surface area contributed by atoms with Crippen molar-refractivity contribution in [2.75, 3.05) is 37.9 Å². The molecule has 2 N–H and O–H groups in total. The van der Waals surface area contributed by atoms with Gasteiger partial charge in [-0.3, -0.25) is 13.7 Å². The number of aromatic nitrogens is 2. The molecule has 1 aromatic heterocycles. The van der Waals surface area contributed by atoms with Crippen LogP contribution in [0.1, 0.15) is 34.9 Å². The Balaban J connectivity index is 0.00000280. The number of rotatable bonds is 8. The summed E-state index contributed by atoms with van der Waals surface area (Å²) in [5.74, 6) is 0.701. The summed E-state index contributed by atoms with van der Waals surface area (Å²) in [4.78, 5) is 12.5. The van der Waals surface area contributed by atoms with E-state index in [0.29, 0.717) is 35.5 Å². The van der Waals surface area contributed by atoms with Crippen LogP contribution in [0.25, 0.3) is 0 Å². The van der Waals surface area contributed by atoms with Gasteiger partial charge in [0.05, 0.1) is 12.6 Å². The Hall–Kier alpha value is -1.74. The van der Waals surface area contributed by atoms with Gasteiger partial charge < -0.3 is 15.4 Å². The third-order valence-corrected chi connectivity index (χ3v) is 5.79. The first kappa shape index (κ1) is 22.5. The number of hydrogen-bond acceptors (Lipinski definition) is 5. The standard InChI is InChI=1S/C19H26N4O3S.ClH/c1-26-10-11-27(25)14-15-4-2-5-16(12-15)21-19(24)18-7-9-23(22-18)17-6-3-8-20-13-17;/h2,4-5,7,9,12,17,20H,3,6,8,10-11,13-14H2,1H3,(H,21,24);1H. The van der Waals surface area contributed by atoms with Gasteiger partial charge in [-0.25, -0.2) is 0 Å². The fourth-order valence-electron chi connectivity index (χ4n) is 3.09. The Morgan fingerprint density at radius 2 is 2.29 bits per heavy atom. The van der Waals surface area contributed by atoms with Crippen molar-refractivity contribution in [1.82, 2.24) is 15.1 Å². The number of ether oxygens (including phenoxy) is 1. The van der Waals surface area contributed by atoms with Gasteiger partial charge in [-0.05, 0) is 43.1 Å². The van der Waals surface area contributed by atoms with E-state index in [1.165, 1.54) is 0 Å². The molecule has 0 saturated carbocycles. The molecule has 0 radical (unpaired) electrons. The van der Waals surface area contributed by atoms with E-state index < -0.39 is 10.8 Å². The highest BCUT2D eigenvalue weighted by Crippen LogP contribution is 2.17. The topological polar surface area (TPSA) is 85.2 Å². The summed E-state index contributed by atoms with van der Waals surface area (Å²) < 4.78 is 18.8. The molecule has 7 nitrogen and oxygen atoms in total. The summed E-state index contributed by atoms with van der Waals surface area (Å²) in [5, 5.41) is 10.7. The Morgan fingerprint density at radius 1 is 1.43 bits per heavy atom. The van der Waals surface area contributed by atoms with Crippen molar-refractivity contribution in [3.63, 3.8) is 0 Å². The Kier molecular flexibility index (Phi) is 9.11. The second kappa shape index (κ2) is 11.3. The summed E-state index contributed by atoms with van der Waals surface area (Å²) in [5.41, 5.74) is 1.99. The highest BCUT2D eigenvalue weighted by atomic mass is 35.5. The van der Waals surface area contributed by atoms with Gasteiger partial charge in [0, 0.05) is 47.8 Å². The van der Waals surface area contributed by atoms with Gasteiger partial charge in [-0.15, -0.1) is 12.4 Å². The van der Waals surface area contributed by atoms with Crippen molar-refractivity contribution in [3.8, 4) is 0 Å². The van der Waals surface area contributed by atoms with Crippen molar-refractivity contribution in [2.24, 2.45) is 0 Å². The van der Waals surface area contributed by atoms with Crippen molar-refractivity contribution in [2.45, 2.75) is 24.6 Å². The number of methoxy groups -OCH3 is 1. The van der Waals surface area contributed by atoms with Gasteiger partial charge in [-0.1, -0.05) is 12.1 Å². The predicted molar refractivity (Wildman–Crippen MR) is 114 cm³/mol. The van der Waals surface area contributed by atoms with E-state index in [0.717, 1.165) is 31.5 Å². The maximum Gasteiger partial charge on any atom is 0.276 e. The summed E-state index contributed by atoms with van der Waals surface area (Å²) >= 11 is 0. The number of benzene rings is 1. The minimum absolute atomic E-state index is 0. The van der Waals surface area contributed by atoms with Crippen LogP contribution in [0.15, 0.2) is 36.5 Å². The van der Waals surface area contributed by atoms with Crippen LogP contribution in [0.5, 0.6) is 0 Å². The van der Waals surface area contributed by atoms with Gasteiger partial charge >= 0.3 is 0 Å². The normalized spacial score (nSPS) is 17.5. The van der Waals surface area contributed by atoms with Gasteiger partial charge in [0.1, 0.15) is 0 Å². The maximum atomic E-state index is 12.5. The lowest BCUT2D eigenvalue weighted by Gasteiger charge is -2.22. The highest BCUT2D eigenvalue weighted by Gasteiger charge is 2.18. The first-order valence-corrected chi connectivity index (χ1v) is 10.6. The lowest BCUT2D eigenvalue weighted by molar-refractivity contribution is 0.102. The quantitative estimate of drug-likeness (QED) is 0.676. The average Bonchev–Trinajstić information content (AvgIpc) is 3.18. The molecule has 3 rings (SSSR count). The molecule has 0 bridgehead atoms. The van der Waals surface area contributed by atoms with Crippen molar-refractivity contribution in [3.05, 3.63) is 47.8 Å². The molecular formula is C19H27ClN4O3S. The minimum atomic E-state index is -0.987. The molecule has 2 heterocycles. The van der Waals surface area contributed by atoms with Gasteiger partial charge in [0.2, 0.25) is 0 Å². The molecule has 2 atom stereocenters. The third-order valence-electron chi connectivity index (χ3n) is 4.51. The Morgan fingerprint density at radius 3 is 3.04 bits per heavy atom.